The minimum atomic E-state index is -4.10. The summed E-state index contributed by atoms with van der Waals surface area (Å²) in [5.41, 5.74) is 1.82. The van der Waals surface area contributed by atoms with Crippen LogP contribution in [0.1, 0.15) is 32.3 Å². The Labute approximate surface area is 122 Å². The lowest BCUT2D eigenvalue weighted by Gasteiger charge is -2.07. The summed E-state index contributed by atoms with van der Waals surface area (Å²) in [6.07, 6.45) is -1.22. The van der Waals surface area contributed by atoms with Crippen LogP contribution < -0.4 is 5.32 Å². The summed E-state index contributed by atoms with van der Waals surface area (Å²) in [7, 11) is 0. The van der Waals surface area contributed by atoms with Crippen LogP contribution in [0.5, 0.6) is 0 Å². The van der Waals surface area contributed by atoms with Gasteiger partial charge in [-0.3, -0.25) is 0 Å². The average molecular weight is 299 g/mol. The van der Waals surface area contributed by atoms with Gasteiger partial charge in [0, 0.05) is 43.3 Å². The van der Waals surface area contributed by atoms with Crippen LogP contribution in [-0.2, 0) is 13.1 Å². The lowest BCUT2D eigenvalue weighted by Crippen LogP contribution is -2.21. The van der Waals surface area contributed by atoms with E-state index in [2.05, 4.69) is 24.1 Å². The highest BCUT2D eigenvalue weighted by molar-refractivity contribution is 5.80. The molecule has 0 aromatic carbocycles. The predicted octanol–water partition coefficient (Wildman–Crippen LogP) is 3.88. The van der Waals surface area contributed by atoms with Crippen LogP contribution in [0.25, 0.3) is 11.0 Å². The van der Waals surface area contributed by atoms with Crippen LogP contribution in [0.4, 0.5) is 13.2 Å². The topological polar surface area (TPSA) is 29.9 Å². The maximum Gasteiger partial charge on any atom is 0.389 e. The first-order valence-corrected chi connectivity index (χ1v) is 7.09. The van der Waals surface area contributed by atoms with Crippen molar-refractivity contribution >= 4 is 11.0 Å². The van der Waals surface area contributed by atoms with E-state index >= 15 is 0 Å². The van der Waals surface area contributed by atoms with Crippen molar-refractivity contribution in [3.8, 4) is 0 Å². The van der Waals surface area contributed by atoms with Gasteiger partial charge in [0.1, 0.15) is 5.65 Å². The van der Waals surface area contributed by atoms with Crippen LogP contribution in [0.15, 0.2) is 24.5 Å². The van der Waals surface area contributed by atoms with Gasteiger partial charge in [-0.25, -0.2) is 4.98 Å². The fourth-order valence-corrected chi connectivity index (χ4v) is 2.27. The Morgan fingerprint density at radius 1 is 1.33 bits per heavy atom. The molecule has 6 heteroatoms. The van der Waals surface area contributed by atoms with Gasteiger partial charge in [-0.1, -0.05) is 13.8 Å². The third kappa shape index (κ3) is 4.46. The summed E-state index contributed by atoms with van der Waals surface area (Å²) in [5.74, 6) is 0. The molecule has 1 N–H and O–H groups in total. The molecule has 0 spiro atoms. The van der Waals surface area contributed by atoms with Gasteiger partial charge in [0.25, 0.3) is 0 Å². The average Bonchev–Trinajstić information content (AvgIpc) is 2.74. The van der Waals surface area contributed by atoms with Gasteiger partial charge in [-0.05, 0) is 24.1 Å². The summed E-state index contributed by atoms with van der Waals surface area (Å²) in [5, 5.41) is 4.32. The maximum absolute atomic E-state index is 12.3. The number of nitrogens with one attached hydrogen (secondary N) is 1. The standard InChI is InChI=1S/C15H20F3N3/c1-11(2)20-9-12-10-21(8-4-6-15(16,17)18)14-13(12)5-3-7-19-14/h3,5,7,10-11,20H,4,6,8-9H2,1-2H3. The molecular formula is C15H20F3N3. The van der Waals surface area contributed by atoms with Crippen molar-refractivity contribution in [3.63, 3.8) is 0 Å². The number of alkyl halides is 3. The zero-order valence-electron chi connectivity index (χ0n) is 12.2. The summed E-state index contributed by atoms with van der Waals surface area (Å²) < 4.78 is 38.6. The molecule has 0 bridgehead atoms. The van der Waals surface area contributed by atoms with E-state index in [0.29, 0.717) is 19.1 Å². The van der Waals surface area contributed by atoms with Crippen molar-refractivity contribution in [2.24, 2.45) is 0 Å². The second-order valence-electron chi connectivity index (χ2n) is 5.48. The van der Waals surface area contributed by atoms with E-state index in [9.17, 15) is 13.2 Å². The number of rotatable bonds is 6. The largest absolute Gasteiger partial charge is 0.389 e. The number of nitrogens with zero attached hydrogens (tertiary/aromatic N) is 2. The van der Waals surface area contributed by atoms with E-state index in [1.165, 1.54) is 0 Å². The SMILES string of the molecule is CC(C)NCc1cn(CCCC(F)(F)F)c2ncccc12. The number of hydrogen-bond donors (Lipinski definition) is 1. The van der Waals surface area contributed by atoms with Gasteiger partial charge in [0.05, 0.1) is 0 Å². The monoisotopic (exact) mass is 299 g/mol. The van der Waals surface area contributed by atoms with Crippen molar-refractivity contribution in [1.82, 2.24) is 14.9 Å². The summed E-state index contributed by atoms with van der Waals surface area (Å²) >= 11 is 0. The number of aryl methyl sites for hydroxylation is 1. The van der Waals surface area contributed by atoms with E-state index in [0.717, 1.165) is 16.6 Å². The van der Waals surface area contributed by atoms with Gasteiger partial charge in [0.2, 0.25) is 0 Å². The van der Waals surface area contributed by atoms with Gasteiger partial charge in [-0.2, -0.15) is 13.2 Å². The maximum atomic E-state index is 12.3. The Morgan fingerprint density at radius 2 is 2.10 bits per heavy atom. The van der Waals surface area contributed by atoms with E-state index in [-0.39, 0.29) is 6.42 Å². The minimum absolute atomic E-state index is 0.0703. The van der Waals surface area contributed by atoms with Crippen molar-refractivity contribution in [3.05, 3.63) is 30.1 Å². The molecular weight excluding hydrogens is 279 g/mol. The quantitative estimate of drug-likeness (QED) is 0.877. The third-order valence-corrected chi connectivity index (χ3v) is 3.28. The predicted molar refractivity (Wildman–Crippen MR) is 77.0 cm³/mol. The van der Waals surface area contributed by atoms with Crippen LogP contribution >= 0.6 is 0 Å². The minimum Gasteiger partial charge on any atom is -0.332 e. The van der Waals surface area contributed by atoms with E-state index in [1.807, 2.05) is 22.9 Å². The molecule has 0 aliphatic rings. The van der Waals surface area contributed by atoms with Gasteiger partial charge < -0.3 is 9.88 Å². The Kier molecular flexibility index (Phi) is 4.88. The number of aromatic nitrogens is 2. The van der Waals surface area contributed by atoms with Crippen molar-refractivity contribution in [2.45, 2.75) is 52.0 Å². The van der Waals surface area contributed by atoms with Crippen LogP contribution in [0.3, 0.4) is 0 Å². The highest BCUT2D eigenvalue weighted by Crippen LogP contribution is 2.24. The zero-order valence-corrected chi connectivity index (χ0v) is 12.2. The molecule has 0 radical (unpaired) electrons. The summed E-state index contributed by atoms with van der Waals surface area (Å²) in [4.78, 5) is 4.30. The molecule has 2 heterocycles. The van der Waals surface area contributed by atoms with E-state index in [1.54, 1.807) is 6.20 Å². The molecule has 2 rings (SSSR count). The fourth-order valence-electron chi connectivity index (χ4n) is 2.27. The van der Waals surface area contributed by atoms with Crippen molar-refractivity contribution < 1.29 is 13.2 Å². The molecule has 0 unspecified atom stereocenters. The first-order valence-electron chi connectivity index (χ1n) is 7.09. The third-order valence-electron chi connectivity index (χ3n) is 3.28. The fraction of sp³-hybridized carbons (Fsp3) is 0.533. The summed E-state index contributed by atoms with van der Waals surface area (Å²) in [6.45, 7) is 5.13. The molecule has 2 aromatic heterocycles. The Morgan fingerprint density at radius 3 is 2.76 bits per heavy atom. The molecule has 0 amide bonds. The van der Waals surface area contributed by atoms with Crippen molar-refractivity contribution in [2.75, 3.05) is 0 Å². The first kappa shape index (κ1) is 15.8. The smallest absolute Gasteiger partial charge is 0.332 e. The first-order chi connectivity index (χ1) is 9.87. The molecule has 0 saturated heterocycles. The van der Waals surface area contributed by atoms with E-state index in [4.69, 9.17) is 0 Å². The Hall–Kier alpha value is -1.56. The number of halogens is 3. The highest BCUT2D eigenvalue weighted by atomic mass is 19.4. The normalized spacial score (nSPS) is 12.5. The molecule has 2 aromatic rings. The number of fused-ring (bicyclic) bond motifs is 1. The molecule has 0 fully saturated rings. The van der Waals surface area contributed by atoms with Crippen LogP contribution in [0, 0.1) is 0 Å². The molecule has 0 atom stereocenters. The van der Waals surface area contributed by atoms with Crippen LogP contribution in [-0.4, -0.2) is 21.8 Å². The molecule has 116 valence electrons. The van der Waals surface area contributed by atoms with Gasteiger partial charge >= 0.3 is 6.18 Å². The number of pyridine rings is 1. The number of hydrogen-bond acceptors (Lipinski definition) is 2. The second kappa shape index (κ2) is 6.47. The highest BCUT2D eigenvalue weighted by Gasteiger charge is 2.26. The molecule has 0 aliphatic heterocycles. The molecule has 21 heavy (non-hydrogen) atoms. The molecule has 0 aliphatic carbocycles. The lowest BCUT2D eigenvalue weighted by atomic mass is 10.2. The Bertz CT molecular complexity index is 587. The summed E-state index contributed by atoms with van der Waals surface area (Å²) in [6, 6.07) is 4.16. The van der Waals surface area contributed by atoms with Gasteiger partial charge in [-0.15, -0.1) is 0 Å². The lowest BCUT2D eigenvalue weighted by molar-refractivity contribution is -0.135. The van der Waals surface area contributed by atoms with Crippen LogP contribution in [0.2, 0.25) is 0 Å². The zero-order chi connectivity index (χ0) is 15.5. The molecule has 0 saturated carbocycles. The Balaban J connectivity index is 2.15. The second-order valence-corrected chi connectivity index (χ2v) is 5.48. The van der Waals surface area contributed by atoms with E-state index < -0.39 is 12.6 Å². The molecule has 3 nitrogen and oxygen atoms in total. The van der Waals surface area contributed by atoms with Gasteiger partial charge in [0.15, 0.2) is 0 Å². The van der Waals surface area contributed by atoms with Crippen molar-refractivity contribution in [1.29, 1.82) is 0 Å².